The minimum atomic E-state index is 0. The van der Waals surface area contributed by atoms with Gasteiger partial charge in [0.25, 0.3) is 0 Å². The van der Waals surface area contributed by atoms with E-state index in [9.17, 15) is 4.79 Å². The van der Waals surface area contributed by atoms with Crippen molar-refractivity contribution in [2.75, 3.05) is 53.4 Å². The van der Waals surface area contributed by atoms with Gasteiger partial charge in [0, 0.05) is 37.0 Å². The molecule has 36 heavy (non-hydrogen) atoms. The molecule has 204 valence electrons. The second kappa shape index (κ2) is 15.0. The van der Waals surface area contributed by atoms with Gasteiger partial charge in [0.2, 0.25) is 5.91 Å². The Morgan fingerprint density at radius 1 is 1.06 bits per heavy atom. The van der Waals surface area contributed by atoms with Gasteiger partial charge in [-0.05, 0) is 103 Å². The van der Waals surface area contributed by atoms with Gasteiger partial charge in [-0.15, -0.1) is 24.8 Å². The third-order valence-electron chi connectivity index (χ3n) is 7.44. The van der Waals surface area contributed by atoms with Gasteiger partial charge in [0.1, 0.15) is 5.75 Å². The molecule has 9 heteroatoms. The Hall–Kier alpha value is -1.54. The molecule has 3 fully saturated rings. The minimum Gasteiger partial charge on any atom is -0.493 e. The maximum atomic E-state index is 11.8. The molecule has 1 aliphatic carbocycles. The van der Waals surface area contributed by atoms with Gasteiger partial charge in [-0.2, -0.15) is 0 Å². The average molecular weight is 544 g/mol. The van der Waals surface area contributed by atoms with Crippen LogP contribution in [0.3, 0.4) is 0 Å². The molecule has 1 saturated carbocycles. The summed E-state index contributed by atoms with van der Waals surface area (Å²) in [7, 11) is 3.75. The fourth-order valence-electron chi connectivity index (χ4n) is 5.04. The zero-order chi connectivity index (χ0) is 23.9. The minimum absolute atomic E-state index is 0. The molecule has 7 nitrogen and oxygen atoms in total. The largest absolute Gasteiger partial charge is 0.493 e. The highest BCUT2D eigenvalue weighted by Gasteiger charge is 2.25. The molecule has 2 aromatic rings. The third-order valence-corrected chi connectivity index (χ3v) is 7.44. The molecular formula is C27H44Cl2N4O3. The smallest absolute Gasteiger partial charge is 0.222 e. The van der Waals surface area contributed by atoms with E-state index in [1.165, 1.54) is 32.1 Å². The van der Waals surface area contributed by atoms with Gasteiger partial charge in [-0.1, -0.05) is 5.16 Å². The van der Waals surface area contributed by atoms with E-state index in [0.717, 1.165) is 98.4 Å². The van der Waals surface area contributed by atoms with E-state index in [1.807, 2.05) is 19.0 Å². The Balaban J connectivity index is 0.000000871. The summed E-state index contributed by atoms with van der Waals surface area (Å²) in [6, 6.07) is 4.21. The Labute approximate surface area is 228 Å². The molecule has 1 aromatic heterocycles. The van der Waals surface area contributed by atoms with Gasteiger partial charge in [-0.3, -0.25) is 4.79 Å². The lowest BCUT2D eigenvalue weighted by atomic mass is 9.91. The molecule has 0 unspecified atom stereocenters. The number of likely N-dealkylation sites (tertiary alicyclic amines) is 2. The number of aryl methyl sites for hydroxylation is 2. The zero-order valence-electron chi connectivity index (χ0n) is 22.1. The summed E-state index contributed by atoms with van der Waals surface area (Å²) in [5, 5.41) is 8.30. The Kier molecular flexibility index (Phi) is 12.8. The number of aromatic nitrogens is 1. The Morgan fingerprint density at radius 2 is 1.78 bits per heavy atom. The van der Waals surface area contributed by atoms with E-state index >= 15 is 0 Å². The molecule has 0 atom stereocenters. The maximum Gasteiger partial charge on any atom is 0.222 e. The fourth-order valence-corrected chi connectivity index (χ4v) is 5.04. The molecule has 5 rings (SSSR count). The van der Waals surface area contributed by atoms with Gasteiger partial charge >= 0.3 is 0 Å². The Bertz CT molecular complexity index is 942. The van der Waals surface area contributed by atoms with Crippen LogP contribution < -0.4 is 10.1 Å². The summed E-state index contributed by atoms with van der Waals surface area (Å²) < 4.78 is 11.7. The molecule has 3 aliphatic rings. The van der Waals surface area contributed by atoms with E-state index in [2.05, 4.69) is 34.4 Å². The number of rotatable bonds is 9. The van der Waals surface area contributed by atoms with Crippen LogP contribution in [0.15, 0.2) is 16.7 Å². The molecule has 0 bridgehead atoms. The van der Waals surface area contributed by atoms with E-state index in [-0.39, 0.29) is 24.8 Å². The number of benzene rings is 1. The normalized spacial score (nSPS) is 18.4. The van der Waals surface area contributed by atoms with E-state index in [4.69, 9.17) is 9.26 Å². The number of nitrogens with one attached hydrogen (secondary N) is 1. The van der Waals surface area contributed by atoms with Crippen LogP contribution in [0.1, 0.15) is 56.2 Å². The van der Waals surface area contributed by atoms with E-state index < -0.39 is 0 Å². The van der Waals surface area contributed by atoms with Crippen LogP contribution in [-0.2, 0) is 11.2 Å². The van der Waals surface area contributed by atoms with Crippen LogP contribution in [-0.4, -0.2) is 74.3 Å². The van der Waals surface area contributed by atoms with Gasteiger partial charge in [0.05, 0.1) is 12.3 Å². The molecule has 1 N–H and O–H groups in total. The Morgan fingerprint density at radius 3 is 2.42 bits per heavy atom. The number of amides is 1. The van der Waals surface area contributed by atoms with Gasteiger partial charge in [0.15, 0.2) is 5.58 Å². The summed E-state index contributed by atoms with van der Waals surface area (Å²) in [6.07, 6.45) is 8.99. The molecule has 0 spiro atoms. The maximum absolute atomic E-state index is 11.8. The summed E-state index contributed by atoms with van der Waals surface area (Å²) >= 11 is 0. The molecular weight excluding hydrogens is 499 g/mol. The zero-order valence-corrected chi connectivity index (χ0v) is 23.7. The van der Waals surface area contributed by atoms with Crippen molar-refractivity contribution in [2.24, 2.45) is 11.8 Å². The monoisotopic (exact) mass is 542 g/mol. The fraction of sp³-hybridized carbons (Fsp3) is 0.704. The van der Waals surface area contributed by atoms with Crippen LogP contribution >= 0.6 is 24.8 Å². The average Bonchev–Trinajstić information content (AvgIpc) is 3.44. The van der Waals surface area contributed by atoms with Crippen molar-refractivity contribution >= 4 is 41.7 Å². The number of fused-ring (bicyclic) bond motifs is 1. The molecule has 0 radical (unpaired) electrons. The van der Waals surface area contributed by atoms with Crippen molar-refractivity contribution in [3.8, 4) is 5.75 Å². The van der Waals surface area contributed by atoms with Crippen molar-refractivity contribution in [1.29, 1.82) is 0 Å². The van der Waals surface area contributed by atoms with Crippen LogP contribution in [0.25, 0.3) is 11.0 Å². The molecule has 2 saturated heterocycles. The highest BCUT2D eigenvalue weighted by molar-refractivity contribution is 5.86. The first-order valence-corrected chi connectivity index (χ1v) is 13.2. The van der Waals surface area contributed by atoms with Crippen molar-refractivity contribution in [3.05, 3.63) is 23.4 Å². The SMILES string of the molecule is CNC.Cc1c(OCC2CC2)ccc2c(CCC3CCN(CCN4CCCC4=O)CC3)noc12.Cl.Cl. The molecule has 1 aromatic carbocycles. The second-order valence-corrected chi connectivity index (χ2v) is 10.3. The highest BCUT2D eigenvalue weighted by atomic mass is 35.5. The topological polar surface area (TPSA) is 70.8 Å². The predicted octanol–water partition coefficient (Wildman–Crippen LogP) is 4.87. The van der Waals surface area contributed by atoms with Crippen LogP contribution in [0.2, 0.25) is 0 Å². The summed E-state index contributed by atoms with van der Waals surface area (Å²) in [5.41, 5.74) is 3.04. The predicted molar refractivity (Wildman–Crippen MR) is 150 cm³/mol. The van der Waals surface area contributed by atoms with Crippen LogP contribution in [0, 0.1) is 18.8 Å². The number of carbonyl (C=O) groups is 1. The van der Waals surface area contributed by atoms with Gasteiger partial charge < -0.3 is 24.4 Å². The summed E-state index contributed by atoms with van der Waals surface area (Å²) in [6.45, 7) is 8.07. The lowest BCUT2D eigenvalue weighted by molar-refractivity contribution is -0.127. The quantitative estimate of drug-likeness (QED) is 0.487. The lowest BCUT2D eigenvalue weighted by Gasteiger charge is -2.33. The van der Waals surface area contributed by atoms with E-state index in [0.29, 0.717) is 5.91 Å². The first-order chi connectivity index (χ1) is 16.6. The second-order valence-electron chi connectivity index (χ2n) is 10.3. The highest BCUT2D eigenvalue weighted by Crippen LogP contribution is 2.34. The number of nitrogens with zero attached hydrogens (tertiary/aromatic N) is 3. The van der Waals surface area contributed by atoms with Crippen molar-refractivity contribution < 1.29 is 14.1 Å². The number of halogens is 2. The van der Waals surface area contributed by atoms with Crippen molar-refractivity contribution in [3.63, 3.8) is 0 Å². The van der Waals surface area contributed by atoms with Crippen molar-refractivity contribution in [1.82, 2.24) is 20.3 Å². The number of hydrogen-bond acceptors (Lipinski definition) is 6. The van der Waals surface area contributed by atoms with Gasteiger partial charge in [-0.25, -0.2) is 0 Å². The number of hydrogen-bond donors (Lipinski definition) is 1. The molecule has 2 aliphatic heterocycles. The van der Waals surface area contributed by atoms with E-state index in [1.54, 1.807) is 0 Å². The van der Waals surface area contributed by atoms with Crippen molar-refractivity contribution in [2.45, 2.75) is 58.3 Å². The third kappa shape index (κ3) is 8.23. The lowest BCUT2D eigenvalue weighted by Crippen LogP contribution is -2.40. The standard InChI is InChI=1S/C25H35N3O3.C2H7N.2ClH/c1-18-23(30-17-20-4-5-20)9-7-21-22(26-31-25(18)21)8-6-19-10-13-27(14-11-19)15-16-28-12-2-3-24(28)29;1-3-2;;/h7,9,19-20H,2-6,8,10-17H2,1H3;3H,1-2H3;2*1H. The number of piperidine rings is 1. The summed E-state index contributed by atoms with van der Waals surface area (Å²) in [4.78, 5) is 16.3. The van der Waals surface area contributed by atoms with Crippen LogP contribution in [0.4, 0.5) is 0 Å². The summed E-state index contributed by atoms with van der Waals surface area (Å²) in [5.74, 6) is 2.77. The molecule has 3 heterocycles. The number of ether oxygens (including phenoxy) is 1. The molecule has 1 amide bonds. The first-order valence-electron chi connectivity index (χ1n) is 13.2. The number of carbonyl (C=O) groups excluding carboxylic acids is 1. The van der Waals surface area contributed by atoms with Crippen LogP contribution in [0.5, 0.6) is 5.75 Å². The first kappa shape index (κ1) is 30.7.